The van der Waals surface area contributed by atoms with Crippen molar-refractivity contribution in [3.63, 3.8) is 0 Å². The summed E-state index contributed by atoms with van der Waals surface area (Å²) in [5.41, 5.74) is 1.38. The topological polar surface area (TPSA) is 102 Å². The Balaban J connectivity index is 1.92. The molecule has 0 spiro atoms. The van der Waals surface area contributed by atoms with Crippen LogP contribution in [0.4, 0.5) is 5.82 Å². The molecule has 2 heterocycles. The summed E-state index contributed by atoms with van der Waals surface area (Å²) in [4.78, 5) is 24.1. The molecular formula is C17H24N6O2. The summed E-state index contributed by atoms with van der Waals surface area (Å²) in [7, 11) is 1.82. The molecule has 2 aromatic rings. The highest BCUT2D eigenvalue weighted by molar-refractivity contribution is 5.96. The largest absolute Gasteiger partial charge is 0.345 e. The first kappa shape index (κ1) is 18.6. The van der Waals surface area contributed by atoms with Gasteiger partial charge in [0.05, 0.1) is 11.9 Å². The van der Waals surface area contributed by atoms with E-state index in [1.165, 1.54) is 0 Å². The number of carbonyl (C=O) groups is 2. The highest BCUT2D eigenvalue weighted by atomic mass is 16.2. The molecule has 0 unspecified atom stereocenters. The number of nitrogens with zero attached hydrogens (tertiary/aromatic N) is 4. The van der Waals surface area contributed by atoms with Gasteiger partial charge in [0, 0.05) is 25.2 Å². The summed E-state index contributed by atoms with van der Waals surface area (Å²) >= 11 is 0. The lowest BCUT2D eigenvalue weighted by Crippen LogP contribution is -2.42. The quantitative estimate of drug-likeness (QED) is 0.860. The van der Waals surface area contributed by atoms with Gasteiger partial charge in [-0.15, -0.1) is 10.2 Å². The minimum atomic E-state index is -0.658. The number of anilines is 1. The van der Waals surface area contributed by atoms with Crippen molar-refractivity contribution in [2.45, 2.75) is 40.2 Å². The predicted molar refractivity (Wildman–Crippen MR) is 94.5 cm³/mol. The van der Waals surface area contributed by atoms with Crippen molar-refractivity contribution < 1.29 is 9.59 Å². The van der Waals surface area contributed by atoms with Gasteiger partial charge in [-0.1, -0.05) is 20.8 Å². The van der Waals surface area contributed by atoms with Gasteiger partial charge in [-0.2, -0.15) is 5.10 Å². The zero-order valence-corrected chi connectivity index (χ0v) is 15.2. The third-order valence-corrected chi connectivity index (χ3v) is 3.38. The molecule has 2 aromatic heterocycles. The smallest absolute Gasteiger partial charge is 0.247 e. The number of carbonyl (C=O) groups excluding carboxylic acids is 2. The lowest BCUT2D eigenvalue weighted by atomic mass is 9.92. The van der Waals surface area contributed by atoms with Gasteiger partial charge < -0.3 is 10.6 Å². The summed E-state index contributed by atoms with van der Waals surface area (Å²) < 4.78 is 1.68. The molecule has 0 saturated carbocycles. The number of nitrogens with one attached hydrogen (secondary N) is 2. The first-order valence-corrected chi connectivity index (χ1v) is 8.07. The Morgan fingerprint density at radius 2 is 1.96 bits per heavy atom. The number of aryl methyl sites for hydroxylation is 1. The first-order chi connectivity index (χ1) is 11.6. The first-order valence-electron chi connectivity index (χ1n) is 8.07. The van der Waals surface area contributed by atoms with Crippen molar-refractivity contribution in [3.05, 3.63) is 24.5 Å². The van der Waals surface area contributed by atoms with Crippen LogP contribution in [0.1, 0.15) is 34.1 Å². The van der Waals surface area contributed by atoms with Crippen LogP contribution in [0.25, 0.3) is 11.3 Å². The van der Waals surface area contributed by atoms with Crippen LogP contribution in [0.3, 0.4) is 0 Å². The highest BCUT2D eigenvalue weighted by Gasteiger charge is 2.20. The molecule has 0 aliphatic heterocycles. The SMILES string of the molecule is C[C@H](NC(=O)CC(C)(C)C)C(=O)Nc1ccc(-c2cnn(C)c2)nn1. The van der Waals surface area contributed by atoms with E-state index in [1.807, 2.05) is 34.0 Å². The summed E-state index contributed by atoms with van der Waals surface area (Å²) in [6.45, 7) is 7.54. The average Bonchev–Trinajstić information content (AvgIpc) is 2.92. The molecule has 0 aromatic carbocycles. The van der Waals surface area contributed by atoms with Gasteiger partial charge in [-0.25, -0.2) is 0 Å². The summed E-state index contributed by atoms with van der Waals surface area (Å²) in [6, 6.07) is 2.76. The van der Waals surface area contributed by atoms with E-state index in [1.54, 1.807) is 29.9 Å². The Morgan fingerprint density at radius 3 is 2.48 bits per heavy atom. The fraction of sp³-hybridized carbons (Fsp3) is 0.471. The lowest BCUT2D eigenvalue weighted by molar-refractivity contribution is -0.127. The Bertz CT molecular complexity index is 745. The minimum Gasteiger partial charge on any atom is -0.345 e. The molecule has 134 valence electrons. The second kappa shape index (κ2) is 7.42. The zero-order chi connectivity index (χ0) is 18.6. The van der Waals surface area contributed by atoms with E-state index in [4.69, 9.17) is 0 Å². The Hall–Kier alpha value is -2.77. The molecule has 0 saturated heterocycles. The molecule has 2 N–H and O–H groups in total. The van der Waals surface area contributed by atoms with E-state index in [0.29, 0.717) is 17.9 Å². The van der Waals surface area contributed by atoms with Crippen molar-refractivity contribution in [3.8, 4) is 11.3 Å². The average molecular weight is 344 g/mol. The van der Waals surface area contributed by atoms with Gasteiger partial charge in [-0.3, -0.25) is 14.3 Å². The molecule has 25 heavy (non-hydrogen) atoms. The maximum atomic E-state index is 12.2. The predicted octanol–water partition coefficient (Wildman–Crippen LogP) is 1.76. The third-order valence-electron chi connectivity index (χ3n) is 3.38. The van der Waals surface area contributed by atoms with Crippen LogP contribution in [0.2, 0.25) is 0 Å². The Morgan fingerprint density at radius 1 is 1.24 bits per heavy atom. The van der Waals surface area contributed by atoms with Crippen LogP contribution >= 0.6 is 0 Å². The van der Waals surface area contributed by atoms with E-state index in [9.17, 15) is 9.59 Å². The number of amides is 2. The number of rotatable bonds is 5. The minimum absolute atomic E-state index is 0.131. The van der Waals surface area contributed by atoms with Crippen LogP contribution in [-0.2, 0) is 16.6 Å². The van der Waals surface area contributed by atoms with Gasteiger partial charge in [0.25, 0.3) is 0 Å². The summed E-state index contributed by atoms with van der Waals surface area (Å²) in [5, 5.41) is 17.5. The van der Waals surface area contributed by atoms with Crippen molar-refractivity contribution in [1.82, 2.24) is 25.3 Å². The number of hydrogen-bond donors (Lipinski definition) is 2. The molecule has 0 radical (unpaired) electrons. The van der Waals surface area contributed by atoms with Crippen LogP contribution in [0.15, 0.2) is 24.5 Å². The molecule has 1 atom stereocenters. The lowest BCUT2D eigenvalue weighted by Gasteiger charge is -2.19. The number of hydrogen-bond acceptors (Lipinski definition) is 5. The Kier molecular flexibility index (Phi) is 5.51. The second-order valence-corrected chi connectivity index (χ2v) is 7.22. The van der Waals surface area contributed by atoms with Crippen LogP contribution in [-0.4, -0.2) is 37.8 Å². The fourth-order valence-corrected chi connectivity index (χ4v) is 2.18. The summed E-state index contributed by atoms with van der Waals surface area (Å²) in [5.74, 6) is -0.173. The van der Waals surface area contributed by atoms with Crippen LogP contribution < -0.4 is 10.6 Å². The maximum Gasteiger partial charge on any atom is 0.247 e. The monoisotopic (exact) mass is 344 g/mol. The molecule has 2 rings (SSSR count). The van der Waals surface area contributed by atoms with Crippen molar-refractivity contribution >= 4 is 17.6 Å². The number of aromatic nitrogens is 4. The van der Waals surface area contributed by atoms with Crippen LogP contribution in [0.5, 0.6) is 0 Å². The second-order valence-electron chi connectivity index (χ2n) is 7.22. The van der Waals surface area contributed by atoms with Gasteiger partial charge in [0.15, 0.2) is 5.82 Å². The zero-order valence-electron chi connectivity index (χ0n) is 15.2. The molecule has 8 heteroatoms. The van der Waals surface area contributed by atoms with E-state index in [-0.39, 0.29) is 17.2 Å². The van der Waals surface area contributed by atoms with Gasteiger partial charge in [0.1, 0.15) is 6.04 Å². The molecule has 0 fully saturated rings. The Labute approximate surface area is 147 Å². The van der Waals surface area contributed by atoms with Crippen molar-refractivity contribution in [2.75, 3.05) is 5.32 Å². The van der Waals surface area contributed by atoms with Gasteiger partial charge in [-0.05, 0) is 24.5 Å². The van der Waals surface area contributed by atoms with E-state index in [0.717, 1.165) is 5.56 Å². The fourth-order valence-electron chi connectivity index (χ4n) is 2.18. The van der Waals surface area contributed by atoms with Gasteiger partial charge >= 0.3 is 0 Å². The molecule has 0 aliphatic carbocycles. The normalized spacial score (nSPS) is 12.5. The van der Waals surface area contributed by atoms with E-state index in [2.05, 4.69) is 25.9 Å². The molecule has 2 amide bonds. The van der Waals surface area contributed by atoms with Crippen molar-refractivity contribution in [1.29, 1.82) is 0 Å². The maximum absolute atomic E-state index is 12.2. The molecule has 8 nitrogen and oxygen atoms in total. The molecular weight excluding hydrogens is 320 g/mol. The molecule has 0 bridgehead atoms. The standard InChI is InChI=1S/C17H24N6O2/c1-11(19-15(24)8-17(2,3)4)16(25)20-14-7-6-13(21-22-14)12-9-18-23(5)10-12/h6-7,9-11H,8H2,1-5H3,(H,19,24)(H,20,22,25)/t11-/m0/s1. The third kappa shape index (κ3) is 5.66. The van der Waals surface area contributed by atoms with Crippen LogP contribution in [0, 0.1) is 5.41 Å². The molecule has 0 aliphatic rings. The van der Waals surface area contributed by atoms with Crippen molar-refractivity contribution in [2.24, 2.45) is 12.5 Å². The summed E-state index contributed by atoms with van der Waals surface area (Å²) in [6.07, 6.45) is 3.87. The highest BCUT2D eigenvalue weighted by Crippen LogP contribution is 2.18. The van der Waals surface area contributed by atoms with E-state index < -0.39 is 6.04 Å². The van der Waals surface area contributed by atoms with Gasteiger partial charge in [0.2, 0.25) is 11.8 Å². The van der Waals surface area contributed by atoms with E-state index >= 15 is 0 Å².